The Morgan fingerprint density at radius 2 is 1.89 bits per heavy atom. The summed E-state index contributed by atoms with van der Waals surface area (Å²) < 4.78 is 18.1. The summed E-state index contributed by atoms with van der Waals surface area (Å²) in [7, 11) is 0. The molecular formula is C22H26Cl2O3. The van der Waals surface area contributed by atoms with Crippen molar-refractivity contribution in [3.05, 3.63) is 69.2 Å². The first-order valence-electron chi connectivity index (χ1n) is 9.23. The highest BCUT2D eigenvalue weighted by atomic mass is 35.5. The standard InChI is InChI=1S/C22H26Cl2O3/c1-16-7-4-5-8-17(16)14-25-12-6-11-22(15-26-21(2,3)27-22)19-10-9-18(23)13-20(19)24/h4-5,7-10,13H,6,11-12,14-15H2,1-3H3/t22-/m0/s1. The summed E-state index contributed by atoms with van der Waals surface area (Å²) >= 11 is 12.5. The van der Waals surface area contributed by atoms with Gasteiger partial charge in [-0.05, 0) is 56.9 Å². The Morgan fingerprint density at radius 3 is 2.56 bits per heavy atom. The molecule has 0 amide bonds. The van der Waals surface area contributed by atoms with E-state index in [0.717, 1.165) is 18.4 Å². The zero-order chi connectivity index (χ0) is 19.5. The molecule has 1 fully saturated rings. The minimum Gasteiger partial charge on any atom is -0.377 e. The van der Waals surface area contributed by atoms with Crippen molar-refractivity contribution in [3.63, 3.8) is 0 Å². The molecule has 146 valence electrons. The van der Waals surface area contributed by atoms with Gasteiger partial charge in [-0.2, -0.15) is 0 Å². The molecule has 1 aliphatic rings. The van der Waals surface area contributed by atoms with Crippen LogP contribution in [0.25, 0.3) is 0 Å². The molecule has 0 aliphatic carbocycles. The van der Waals surface area contributed by atoms with Gasteiger partial charge in [0, 0.05) is 22.2 Å². The average molecular weight is 409 g/mol. The van der Waals surface area contributed by atoms with E-state index in [1.807, 2.05) is 38.1 Å². The molecule has 3 nitrogen and oxygen atoms in total. The van der Waals surface area contributed by atoms with E-state index in [-0.39, 0.29) is 0 Å². The highest BCUT2D eigenvalue weighted by molar-refractivity contribution is 6.35. The third-order valence-electron chi connectivity index (χ3n) is 4.90. The Kier molecular flexibility index (Phi) is 6.50. The van der Waals surface area contributed by atoms with Crippen molar-refractivity contribution in [1.82, 2.24) is 0 Å². The molecule has 0 radical (unpaired) electrons. The third kappa shape index (κ3) is 5.04. The fraction of sp³-hybridized carbons (Fsp3) is 0.455. The first-order chi connectivity index (χ1) is 12.8. The summed E-state index contributed by atoms with van der Waals surface area (Å²) in [6.07, 6.45) is 1.59. The first kappa shape index (κ1) is 20.6. The summed E-state index contributed by atoms with van der Waals surface area (Å²) in [6, 6.07) is 13.8. The number of aryl methyl sites for hydroxylation is 1. The fourth-order valence-corrected chi connectivity index (χ4v) is 4.06. The third-order valence-corrected chi connectivity index (χ3v) is 5.45. The SMILES string of the molecule is Cc1ccccc1COCCC[C@@]1(c2ccc(Cl)cc2Cl)COC(C)(C)O1. The fourth-order valence-electron chi connectivity index (χ4n) is 3.48. The summed E-state index contributed by atoms with van der Waals surface area (Å²) in [6.45, 7) is 7.66. The molecule has 0 aromatic heterocycles. The normalized spacial score (nSPS) is 21.5. The monoisotopic (exact) mass is 408 g/mol. The predicted molar refractivity (Wildman–Crippen MR) is 109 cm³/mol. The van der Waals surface area contributed by atoms with Gasteiger partial charge in [0.25, 0.3) is 0 Å². The molecule has 2 aromatic rings. The first-order valence-corrected chi connectivity index (χ1v) is 9.99. The van der Waals surface area contributed by atoms with Gasteiger partial charge in [-0.15, -0.1) is 0 Å². The van der Waals surface area contributed by atoms with Crippen LogP contribution in [0.15, 0.2) is 42.5 Å². The molecule has 3 rings (SSSR count). The van der Waals surface area contributed by atoms with E-state index >= 15 is 0 Å². The second-order valence-electron chi connectivity index (χ2n) is 7.49. The Bertz CT molecular complexity index is 791. The predicted octanol–water partition coefficient (Wildman–Crippen LogP) is 6.28. The van der Waals surface area contributed by atoms with E-state index in [9.17, 15) is 0 Å². The Balaban J connectivity index is 1.64. The van der Waals surface area contributed by atoms with Crippen molar-refractivity contribution in [1.29, 1.82) is 0 Å². The summed E-state index contributed by atoms with van der Waals surface area (Å²) in [5.41, 5.74) is 2.79. The molecule has 5 heteroatoms. The molecule has 0 bridgehead atoms. The molecule has 1 heterocycles. The van der Waals surface area contributed by atoms with Crippen molar-refractivity contribution >= 4 is 23.2 Å². The van der Waals surface area contributed by atoms with Crippen LogP contribution >= 0.6 is 23.2 Å². The van der Waals surface area contributed by atoms with E-state index in [4.69, 9.17) is 37.4 Å². The number of rotatable bonds is 7. The molecule has 0 unspecified atom stereocenters. The molecule has 0 N–H and O–H groups in total. The molecule has 1 aliphatic heterocycles. The molecule has 0 saturated carbocycles. The van der Waals surface area contributed by atoms with Gasteiger partial charge in [0.05, 0.1) is 13.2 Å². The van der Waals surface area contributed by atoms with Gasteiger partial charge in [-0.1, -0.05) is 53.5 Å². The van der Waals surface area contributed by atoms with Crippen molar-refractivity contribution in [2.45, 2.75) is 51.6 Å². The minimum atomic E-state index is -0.648. The quantitative estimate of drug-likeness (QED) is 0.504. The second kappa shape index (κ2) is 8.50. The van der Waals surface area contributed by atoms with Crippen molar-refractivity contribution in [2.24, 2.45) is 0 Å². The highest BCUT2D eigenvalue weighted by Crippen LogP contribution is 2.45. The maximum atomic E-state index is 6.48. The number of benzene rings is 2. The maximum Gasteiger partial charge on any atom is 0.164 e. The van der Waals surface area contributed by atoms with Crippen LogP contribution in [0.2, 0.25) is 10.0 Å². The highest BCUT2D eigenvalue weighted by Gasteiger charge is 2.47. The van der Waals surface area contributed by atoms with Crippen molar-refractivity contribution < 1.29 is 14.2 Å². The average Bonchev–Trinajstić information content (AvgIpc) is 2.92. The molecule has 1 atom stereocenters. The number of halogens is 2. The number of hydrogen-bond acceptors (Lipinski definition) is 3. The van der Waals surface area contributed by atoms with Gasteiger partial charge in [0.2, 0.25) is 0 Å². The van der Waals surface area contributed by atoms with E-state index in [0.29, 0.717) is 29.9 Å². The molecular weight excluding hydrogens is 383 g/mol. The lowest BCUT2D eigenvalue weighted by Gasteiger charge is -2.30. The van der Waals surface area contributed by atoms with Crippen molar-refractivity contribution in [3.8, 4) is 0 Å². The van der Waals surface area contributed by atoms with Gasteiger partial charge in [0.15, 0.2) is 5.79 Å². The summed E-state index contributed by atoms with van der Waals surface area (Å²) in [4.78, 5) is 0. The smallest absolute Gasteiger partial charge is 0.164 e. The van der Waals surface area contributed by atoms with Gasteiger partial charge in [0.1, 0.15) is 5.60 Å². The lowest BCUT2D eigenvalue weighted by molar-refractivity contribution is -0.166. The molecule has 2 aromatic carbocycles. The van der Waals surface area contributed by atoms with Crippen LogP contribution < -0.4 is 0 Å². The Morgan fingerprint density at radius 1 is 1.11 bits per heavy atom. The van der Waals surface area contributed by atoms with Crippen LogP contribution in [0.1, 0.15) is 43.4 Å². The number of ether oxygens (including phenoxy) is 3. The van der Waals surface area contributed by atoms with Crippen LogP contribution in [-0.4, -0.2) is 19.0 Å². The zero-order valence-electron chi connectivity index (χ0n) is 16.1. The van der Waals surface area contributed by atoms with Gasteiger partial charge in [-0.3, -0.25) is 0 Å². The lowest BCUT2D eigenvalue weighted by Crippen LogP contribution is -2.32. The lowest BCUT2D eigenvalue weighted by atomic mass is 9.89. The van der Waals surface area contributed by atoms with Crippen LogP contribution in [0.5, 0.6) is 0 Å². The Hall–Kier alpha value is -1.10. The molecule has 0 spiro atoms. The van der Waals surface area contributed by atoms with Crippen LogP contribution in [-0.2, 0) is 26.4 Å². The molecule has 1 saturated heterocycles. The van der Waals surface area contributed by atoms with E-state index in [2.05, 4.69) is 19.1 Å². The van der Waals surface area contributed by atoms with Crippen molar-refractivity contribution in [2.75, 3.05) is 13.2 Å². The van der Waals surface area contributed by atoms with Crippen LogP contribution in [0.4, 0.5) is 0 Å². The summed E-state index contributed by atoms with van der Waals surface area (Å²) in [5, 5.41) is 1.21. The van der Waals surface area contributed by atoms with Gasteiger partial charge in [-0.25, -0.2) is 0 Å². The van der Waals surface area contributed by atoms with E-state index in [1.54, 1.807) is 6.07 Å². The van der Waals surface area contributed by atoms with Crippen LogP contribution in [0, 0.1) is 6.92 Å². The number of hydrogen-bond donors (Lipinski definition) is 0. The Labute approximate surface area is 171 Å². The van der Waals surface area contributed by atoms with E-state index in [1.165, 1.54) is 11.1 Å². The second-order valence-corrected chi connectivity index (χ2v) is 8.34. The van der Waals surface area contributed by atoms with Gasteiger partial charge >= 0.3 is 0 Å². The molecule has 27 heavy (non-hydrogen) atoms. The largest absolute Gasteiger partial charge is 0.377 e. The topological polar surface area (TPSA) is 27.7 Å². The summed E-state index contributed by atoms with van der Waals surface area (Å²) in [5.74, 6) is -0.648. The zero-order valence-corrected chi connectivity index (χ0v) is 17.6. The minimum absolute atomic E-state index is 0.457. The van der Waals surface area contributed by atoms with E-state index < -0.39 is 11.4 Å². The van der Waals surface area contributed by atoms with Crippen LogP contribution in [0.3, 0.4) is 0 Å². The van der Waals surface area contributed by atoms with Gasteiger partial charge < -0.3 is 14.2 Å². The maximum absolute atomic E-state index is 6.48.